The zero-order valence-electron chi connectivity index (χ0n) is 10.4. The number of thiophene rings is 1. The highest BCUT2D eigenvalue weighted by atomic mass is 79.9. The van der Waals surface area contributed by atoms with Crippen LogP contribution in [0.25, 0.3) is 0 Å². The lowest BCUT2D eigenvalue weighted by Gasteiger charge is -2.17. The van der Waals surface area contributed by atoms with Gasteiger partial charge in [-0.25, -0.2) is 0 Å². The highest BCUT2D eigenvalue weighted by Crippen LogP contribution is 2.27. The third kappa shape index (κ3) is 4.20. The number of benzene rings is 1. The minimum atomic E-state index is 0.288. The first-order chi connectivity index (χ1) is 9.10. The van der Waals surface area contributed by atoms with Crippen LogP contribution in [0, 0.1) is 0 Å². The molecular formula is C14H14BrCl2NS. The van der Waals surface area contributed by atoms with Crippen LogP contribution in [0.15, 0.2) is 34.1 Å². The summed E-state index contributed by atoms with van der Waals surface area (Å²) in [5, 5.41) is 6.85. The molecule has 0 aliphatic carbocycles. The van der Waals surface area contributed by atoms with Gasteiger partial charge >= 0.3 is 0 Å². The third-order valence-electron chi connectivity index (χ3n) is 2.90. The van der Waals surface area contributed by atoms with Gasteiger partial charge in [-0.2, -0.15) is 0 Å². The maximum absolute atomic E-state index is 6.07. The lowest BCUT2D eigenvalue weighted by molar-refractivity contribution is 0.522. The van der Waals surface area contributed by atoms with Gasteiger partial charge in [-0.1, -0.05) is 36.2 Å². The Morgan fingerprint density at radius 3 is 2.63 bits per heavy atom. The molecule has 0 aliphatic heterocycles. The molecule has 0 aliphatic rings. The van der Waals surface area contributed by atoms with E-state index in [0.717, 1.165) is 17.4 Å². The standard InChI is InChI=1S/C14H14BrCl2NS/c1-2-14(9-3-4-12(16)13(17)5-9)18-7-11-6-10(15)8-19-11/h3-6,8,14,18H,2,7H2,1H3. The number of rotatable bonds is 5. The molecule has 2 rings (SSSR count). The Kier molecular flexibility index (Phi) is 5.72. The number of nitrogens with one attached hydrogen (secondary N) is 1. The van der Waals surface area contributed by atoms with Crippen LogP contribution in [0.2, 0.25) is 10.0 Å². The molecule has 1 heterocycles. The fraction of sp³-hybridized carbons (Fsp3) is 0.286. The monoisotopic (exact) mass is 377 g/mol. The highest BCUT2D eigenvalue weighted by molar-refractivity contribution is 9.10. The van der Waals surface area contributed by atoms with Gasteiger partial charge in [-0.05, 0) is 46.1 Å². The van der Waals surface area contributed by atoms with Crippen LogP contribution < -0.4 is 5.32 Å². The van der Waals surface area contributed by atoms with Crippen LogP contribution in [0.5, 0.6) is 0 Å². The van der Waals surface area contributed by atoms with Gasteiger partial charge in [0.05, 0.1) is 10.0 Å². The van der Waals surface area contributed by atoms with E-state index in [1.807, 2.05) is 18.2 Å². The summed E-state index contributed by atoms with van der Waals surface area (Å²) in [4.78, 5) is 1.31. The molecule has 0 fully saturated rings. The van der Waals surface area contributed by atoms with Crippen molar-refractivity contribution in [3.8, 4) is 0 Å². The van der Waals surface area contributed by atoms with Crippen LogP contribution in [-0.4, -0.2) is 0 Å². The molecule has 1 atom stereocenters. The van der Waals surface area contributed by atoms with Crippen LogP contribution in [0.3, 0.4) is 0 Å². The fourth-order valence-corrected chi connectivity index (χ4v) is 3.61. The van der Waals surface area contributed by atoms with Crippen molar-refractivity contribution in [2.45, 2.75) is 25.9 Å². The van der Waals surface area contributed by atoms with Crippen molar-refractivity contribution < 1.29 is 0 Å². The summed E-state index contributed by atoms with van der Waals surface area (Å²) in [5.41, 5.74) is 1.17. The molecule has 0 saturated carbocycles. The lowest BCUT2D eigenvalue weighted by Crippen LogP contribution is -2.19. The maximum atomic E-state index is 6.07. The van der Waals surface area contributed by atoms with E-state index in [1.54, 1.807) is 11.3 Å². The van der Waals surface area contributed by atoms with Gasteiger partial charge in [-0.15, -0.1) is 11.3 Å². The molecule has 102 valence electrons. The first kappa shape index (κ1) is 15.3. The largest absolute Gasteiger partial charge is 0.305 e. The van der Waals surface area contributed by atoms with E-state index in [4.69, 9.17) is 23.2 Å². The van der Waals surface area contributed by atoms with Crippen molar-refractivity contribution in [3.63, 3.8) is 0 Å². The summed E-state index contributed by atoms with van der Waals surface area (Å²) in [6, 6.07) is 8.25. The minimum absolute atomic E-state index is 0.288. The van der Waals surface area contributed by atoms with E-state index >= 15 is 0 Å². The van der Waals surface area contributed by atoms with Crippen LogP contribution in [0.4, 0.5) is 0 Å². The van der Waals surface area contributed by atoms with E-state index in [1.165, 1.54) is 10.4 Å². The van der Waals surface area contributed by atoms with E-state index in [-0.39, 0.29) is 6.04 Å². The molecule has 1 unspecified atom stereocenters. The first-order valence-electron chi connectivity index (χ1n) is 6.01. The van der Waals surface area contributed by atoms with Crippen molar-refractivity contribution in [2.75, 3.05) is 0 Å². The predicted octanol–water partition coefficient (Wildman–Crippen LogP) is 6.06. The maximum Gasteiger partial charge on any atom is 0.0595 e. The van der Waals surface area contributed by atoms with E-state index in [0.29, 0.717) is 10.0 Å². The topological polar surface area (TPSA) is 12.0 Å². The van der Waals surface area contributed by atoms with Gasteiger partial charge in [0.15, 0.2) is 0 Å². The van der Waals surface area contributed by atoms with Crippen molar-refractivity contribution in [1.29, 1.82) is 0 Å². The fourth-order valence-electron chi connectivity index (χ4n) is 1.90. The molecule has 1 nitrogen and oxygen atoms in total. The molecule has 1 aromatic heterocycles. The summed E-state index contributed by atoms with van der Waals surface area (Å²) in [6.45, 7) is 3.01. The van der Waals surface area contributed by atoms with Crippen molar-refractivity contribution in [1.82, 2.24) is 5.32 Å². The third-order valence-corrected chi connectivity index (χ3v) is 5.34. The molecule has 0 radical (unpaired) electrons. The minimum Gasteiger partial charge on any atom is -0.305 e. The number of hydrogen-bond donors (Lipinski definition) is 1. The molecular weight excluding hydrogens is 365 g/mol. The first-order valence-corrected chi connectivity index (χ1v) is 8.44. The lowest BCUT2D eigenvalue weighted by atomic mass is 10.0. The van der Waals surface area contributed by atoms with Gasteiger partial charge < -0.3 is 5.32 Å². The average Bonchev–Trinajstić information content (AvgIpc) is 2.80. The van der Waals surface area contributed by atoms with Gasteiger partial charge in [0.1, 0.15) is 0 Å². The van der Waals surface area contributed by atoms with Crippen LogP contribution >= 0.6 is 50.5 Å². The Hall–Kier alpha value is -0.0600. The molecule has 0 spiro atoms. The van der Waals surface area contributed by atoms with Gasteiger partial charge in [-0.3, -0.25) is 0 Å². The summed E-state index contributed by atoms with van der Waals surface area (Å²) in [6.07, 6.45) is 1.00. The normalized spacial score (nSPS) is 12.6. The zero-order valence-corrected chi connectivity index (χ0v) is 14.3. The molecule has 19 heavy (non-hydrogen) atoms. The highest BCUT2D eigenvalue weighted by Gasteiger charge is 2.11. The Morgan fingerprint density at radius 1 is 1.26 bits per heavy atom. The second-order valence-corrected chi connectivity index (χ2v) is 6.97. The molecule has 0 amide bonds. The molecule has 0 bridgehead atoms. The molecule has 1 N–H and O–H groups in total. The summed E-state index contributed by atoms with van der Waals surface area (Å²) in [7, 11) is 0. The van der Waals surface area contributed by atoms with E-state index in [9.17, 15) is 0 Å². The smallest absolute Gasteiger partial charge is 0.0595 e. The second kappa shape index (κ2) is 7.09. The number of halogens is 3. The van der Waals surface area contributed by atoms with Gasteiger partial charge in [0, 0.05) is 27.3 Å². The molecule has 2 aromatic rings. The Morgan fingerprint density at radius 2 is 2.05 bits per heavy atom. The van der Waals surface area contributed by atoms with Gasteiger partial charge in [0.2, 0.25) is 0 Å². The van der Waals surface area contributed by atoms with Crippen molar-refractivity contribution in [3.05, 3.63) is 54.6 Å². The summed E-state index contributed by atoms with van der Waals surface area (Å²) in [5.74, 6) is 0. The molecule has 5 heteroatoms. The van der Waals surface area contributed by atoms with Gasteiger partial charge in [0.25, 0.3) is 0 Å². The van der Waals surface area contributed by atoms with Crippen molar-refractivity contribution >= 4 is 50.5 Å². The average molecular weight is 379 g/mol. The Balaban J connectivity index is 2.05. The predicted molar refractivity (Wildman–Crippen MR) is 88.4 cm³/mol. The number of hydrogen-bond acceptors (Lipinski definition) is 2. The Bertz CT molecular complexity index is 556. The molecule has 0 saturated heterocycles. The summed E-state index contributed by atoms with van der Waals surface area (Å²) >= 11 is 17.2. The van der Waals surface area contributed by atoms with Crippen molar-refractivity contribution in [2.24, 2.45) is 0 Å². The second-order valence-electron chi connectivity index (χ2n) is 4.25. The van der Waals surface area contributed by atoms with E-state index < -0.39 is 0 Å². The van der Waals surface area contributed by atoms with E-state index in [2.05, 4.69) is 39.6 Å². The zero-order chi connectivity index (χ0) is 13.8. The van der Waals surface area contributed by atoms with Crippen LogP contribution in [0.1, 0.15) is 29.8 Å². The SMILES string of the molecule is CCC(NCc1cc(Br)cs1)c1ccc(Cl)c(Cl)c1. The quantitative estimate of drug-likeness (QED) is 0.666. The molecule has 1 aromatic carbocycles. The Labute approximate surface area is 136 Å². The summed E-state index contributed by atoms with van der Waals surface area (Å²) < 4.78 is 1.14. The van der Waals surface area contributed by atoms with Crippen LogP contribution in [-0.2, 0) is 6.54 Å².